The first-order valence-electron chi connectivity index (χ1n) is 6.48. The highest BCUT2D eigenvalue weighted by molar-refractivity contribution is 7.99. The molecule has 116 valence electrons. The van der Waals surface area contributed by atoms with Gasteiger partial charge in [0.25, 0.3) is 5.22 Å². The van der Waals surface area contributed by atoms with Gasteiger partial charge in [0.2, 0.25) is 11.8 Å². The molecule has 0 radical (unpaired) electrons. The zero-order valence-electron chi connectivity index (χ0n) is 11.8. The monoisotopic (exact) mass is 322 g/mol. The van der Waals surface area contributed by atoms with Gasteiger partial charge in [-0.05, 0) is 19.1 Å². The van der Waals surface area contributed by atoms with Crippen LogP contribution in [0.3, 0.4) is 0 Å². The van der Waals surface area contributed by atoms with Gasteiger partial charge in [-0.15, -0.1) is 10.2 Å². The maximum absolute atomic E-state index is 11.6. The molecule has 2 heterocycles. The fourth-order valence-corrected chi connectivity index (χ4v) is 2.03. The lowest BCUT2D eigenvalue weighted by atomic mass is 10.3. The van der Waals surface area contributed by atoms with Crippen LogP contribution in [0.5, 0.6) is 0 Å². The lowest BCUT2D eigenvalue weighted by molar-refractivity contribution is -0.143. The van der Waals surface area contributed by atoms with Gasteiger partial charge in [0.05, 0.1) is 12.4 Å². The van der Waals surface area contributed by atoms with Crippen molar-refractivity contribution in [2.75, 3.05) is 18.9 Å². The number of esters is 1. The average molecular weight is 322 g/mol. The third-order valence-corrected chi connectivity index (χ3v) is 3.21. The highest BCUT2D eigenvalue weighted by Crippen LogP contribution is 2.22. The fraction of sp³-hybridized carbons (Fsp3) is 0.308. The van der Waals surface area contributed by atoms with Gasteiger partial charge >= 0.3 is 5.97 Å². The van der Waals surface area contributed by atoms with Crippen molar-refractivity contribution in [1.29, 1.82) is 0 Å². The number of hydrogen-bond donors (Lipinski definition) is 1. The molecule has 2 aromatic heterocycles. The molecule has 8 nitrogen and oxygen atoms in total. The van der Waals surface area contributed by atoms with Crippen LogP contribution in [0.2, 0.25) is 0 Å². The van der Waals surface area contributed by atoms with Crippen molar-refractivity contribution < 1.29 is 18.7 Å². The molecule has 0 saturated carbocycles. The molecule has 0 atom stereocenters. The van der Waals surface area contributed by atoms with E-state index in [1.54, 1.807) is 31.5 Å². The molecule has 2 aromatic rings. The van der Waals surface area contributed by atoms with E-state index in [0.29, 0.717) is 5.89 Å². The molecule has 0 saturated heterocycles. The summed E-state index contributed by atoms with van der Waals surface area (Å²) in [6.07, 6.45) is 3.24. The average Bonchev–Trinajstić information content (AvgIpc) is 3.01. The van der Waals surface area contributed by atoms with Gasteiger partial charge < -0.3 is 14.5 Å². The van der Waals surface area contributed by atoms with Crippen LogP contribution >= 0.6 is 11.8 Å². The minimum atomic E-state index is -0.474. The van der Waals surface area contributed by atoms with Gasteiger partial charge in [0, 0.05) is 18.0 Å². The zero-order valence-corrected chi connectivity index (χ0v) is 12.6. The van der Waals surface area contributed by atoms with E-state index in [-0.39, 0.29) is 30.0 Å². The molecule has 9 heteroatoms. The van der Waals surface area contributed by atoms with Crippen molar-refractivity contribution in [2.24, 2.45) is 0 Å². The number of nitrogens with zero attached hydrogens (tertiary/aromatic N) is 3. The molecule has 0 unspecified atom stereocenters. The third kappa shape index (κ3) is 4.85. The molecule has 0 bridgehead atoms. The predicted octanol–water partition coefficient (Wildman–Crippen LogP) is 0.903. The number of pyridine rings is 1. The summed E-state index contributed by atoms with van der Waals surface area (Å²) >= 11 is 1.09. The molecule has 0 spiro atoms. The molecule has 0 aromatic carbocycles. The topological polar surface area (TPSA) is 107 Å². The van der Waals surface area contributed by atoms with Crippen LogP contribution in [0.1, 0.15) is 6.92 Å². The first kappa shape index (κ1) is 16.0. The van der Waals surface area contributed by atoms with Gasteiger partial charge in [-0.1, -0.05) is 11.8 Å². The van der Waals surface area contributed by atoms with Crippen LogP contribution in [-0.4, -0.2) is 46.0 Å². The molecule has 0 aliphatic heterocycles. The third-order valence-electron chi connectivity index (χ3n) is 2.40. The number of rotatable bonds is 7. The van der Waals surface area contributed by atoms with E-state index in [9.17, 15) is 9.59 Å². The minimum Gasteiger partial charge on any atom is -0.465 e. The smallest absolute Gasteiger partial charge is 0.325 e. The second-order valence-electron chi connectivity index (χ2n) is 3.98. The van der Waals surface area contributed by atoms with E-state index in [2.05, 4.69) is 20.5 Å². The molecule has 0 fully saturated rings. The van der Waals surface area contributed by atoms with E-state index in [4.69, 9.17) is 9.15 Å². The SMILES string of the molecule is CCOC(=O)CNC(=O)CSc1nnc(-c2ccncc2)o1. The number of carbonyl (C=O) groups is 2. The Labute approximate surface area is 130 Å². The van der Waals surface area contributed by atoms with E-state index in [0.717, 1.165) is 17.3 Å². The van der Waals surface area contributed by atoms with Gasteiger partial charge in [0.1, 0.15) is 6.54 Å². The minimum absolute atomic E-state index is 0.0668. The van der Waals surface area contributed by atoms with Crippen molar-refractivity contribution >= 4 is 23.6 Å². The number of thioether (sulfide) groups is 1. The largest absolute Gasteiger partial charge is 0.465 e. The quantitative estimate of drug-likeness (QED) is 0.592. The van der Waals surface area contributed by atoms with Crippen LogP contribution in [-0.2, 0) is 14.3 Å². The van der Waals surface area contributed by atoms with E-state index in [1.165, 1.54) is 0 Å². The first-order valence-corrected chi connectivity index (χ1v) is 7.46. The first-order chi connectivity index (χ1) is 10.7. The lowest BCUT2D eigenvalue weighted by Crippen LogP contribution is -2.31. The summed E-state index contributed by atoms with van der Waals surface area (Å²) in [6, 6.07) is 3.49. The Morgan fingerprint density at radius 1 is 1.32 bits per heavy atom. The molecule has 0 aliphatic carbocycles. The second-order valence-corrected chi connectivity index (χ2v) is 4.91. The van der Waals surface area contributed by atoms with E-state index in [1.807, 2.05) is 0 Å². The predicted molar refractivity (Wildman–Crippen MR) is 77.9 cm³/mol. The number of nitrogens with one attached hydrogen (secondary N) is 1. The summed E-state index contributed by atoms with van der Waals surface area (Å²) in [5.74, 6) is -0.366. The molecular weight excluding hydrogens is 308 g/mol. The number of hydrogen-bond acceptors (Lipinski definition) is 8. The number of amides is 1. The van der Waals surface area contributed by atoms with Gasteiger partial charge in [-0.3, -0.25) is 14.6 Å². The van der Waals surface area contributed by atoms with Crippen molar-refractivity contribution in [3.05, 3.63) is 24.5 Å². The van der Waals surface area contributed by atoms with Crippen LogP contribution in [0.15, 0.2) is 34.2 Å². The molecule has 2 rings (SSSR count). The van der Waals surface area contributed by atoms with Crippen molar-refractivity contribution in [2.45, 2.75) is 12.1 Å². The maximum Gasteiger partial charge on any atom is 0.325 e. The van der Waals surface area contributed by atoms with Crippen LogP contribution in [0.4, 0.5) is 0 Å². The summed E-state index contributed by atoms with van der Waals surface area (Å²) in [5.41, 5.74) is 0.751. The Balaban J connectivity index is 1.79. The highest BCUT2D eigenvalue weighted by Gasteiger charge is 2.12. The summed E-state index contributed by atoms with van der Waals surface area (Å²) in [7, 11) is 0. The molecular formula is C13H14N4O4S. The maximum atomic E-state index is 11.6. The van der Waals surface area contributed by atoms with Crippen molar-refractivity contribution in [1.82, 2.24) is 20.5 Å². The van der Waals surface area contributed by atoms with Crippen LogP contribution < -0.4 is 5.32 Å². The Morgan fingerprint density at radius 3 is 2.82 bits per heavy atom. The summed E-state index contributed by atoms with van der Waals surface area (Å²) < 4.78 is 10.1. The van der Waals surface area contributed by atoms with Crippen molar-refractivity contribution in [3.8, 4) is 11.5 Å². The normalized spacial score (nSPS) is 10.2. The van der Waals surface area contributed by atoms with Gasteiger partial charge in [-0.2, -0.15) is 0 Å². The van der Waals surface area contributed by atoms with E-state index >= 15 is 0 Å². The lowest BCUT2D eigenvalue weighted by Gasteiger charge is -2.03. The molecule has 22 heavy (non-hydrogen) atoms. The van der Waals surface area contributed by atoms with Gasteiger partial charge in [-0.25, -0.2) is 0 Å². The van der Waals surface area contributed by atoms with E-state index < -0.39 is 5.97 Å². The molecule has 0 aliphatic rings. The standard InChI is InChI=1S/C13H14N4O4S/c1-2-20-11(19)7-15-10(18)8-22-13-17-16-12(21-13)9-3-5-14-6-4-9/h3-6H,2,7-8H2,1H3,(H,15,18). The number of ether oxygens (including phenoxy) is 1. The van der Waals surface area contributed by atoms with Crippen LogP contribution in [0, 0.1) is 0 Å². The fourth-order valence-electron chi connectivity index (χ4n) is 1.44. The van der Waals surface area contributed by atoms with Crippen molar-refractivity contribution in [3.63, 3.8) is 0 Å². The molecule has 1 N–H and O–H groups in total. The highest BCUT2D eigenvalue weighted by atomic mass is 32.2. The summed E-state index contributed by atoms with van der Waals surface area (Å²) in [6.45, 7) is 1.83. The Bertz CT molecular complexity index is 632. The number of carbonyl (C=O) groups excluding carboxylic acids is 2. The Hall–Kier alpha value is -2.42. The Morgan fingerprint density at radius 2 is 2.09 bits per heavy atom. The second kappa shape index (κ2) is 8.13. The Kier molecular flexibility index (Phi) is 5.90. The molecule has 1 amide bonds. The summed E-state index contributed by atoms with van der Waals surface area (Å²) in [4.78, 5) is 26.6. The number of aromatic nitrogens is 3. The summed E-state index contributed by atoms with van der Waals surface area (Å²) in [5, 5.41) is 10.5. The van der Waals surface area contributed by atoms with Crippen LogP contribution in [0.25, 0.3) is 11.5 Å². The zero-order chi connectivity index (χ0) is 15.8. The van der Waals surface area contributed by atoms with Gasteiger partial charge in [0.15, 0.2) is 0 Å².